The highest BCUT2D eigenvalue weighted by molar-refractivity contribution is 5.23. The van der Waals surface area contributed by atoms with Crippen molar-refractivity contribution in [2.45, 2.75) is 39.2 Å². The van der Waals surface area contributed by atoms with Gasteiger partial charge in [-0.25, -0.2) is 0 Å². The van der Waals surface area contributed by atoms with Gasteiger partial charge in [0.25, 0.3) is 0 Å². The Morgan fingerprint density at radius 1 is 1.38 bits per heavy atom. The standard InChI is InChI=1S/C11H18N2/c1-8(2)9-5-6-13-10(7-9)11(3,4)12/h5-8H,12H2,1-4H3. The molecule has 1 rings (SSSR count). The molecule has 1 heterocycles. The van der Waals surface area contributed by atoms with Gasteiger partial charge in [0, 0.05) is 6.20 Å². The molecule has 72 valence electrons. The van der Waals surface area contributed by atoms with Gasteiger partial charge >= 0.3 is 0 Å². The maximum absolute atomic E-state index is 5.96. The van der Waals surface area contributed by atoms with Crippen LogP contribution in [0.15, 0.2) is 18.3 Å². The first-order valence-corrected chi connectivity index (χ1v) is 4.66. The van der Waals surface area contributed by atoms with E-state index in [1.165, 1.54) is 5.56 Å². The molecule has 2 nitrogen and oxygen atoms in total. The maximum atomic E-state index is 5.96. The lowest BCUT2D eigenvalue weighted by molar-refractivity contribution is 0.533. The molecule has 2 heteroatoms. The fourth-order valence-electron chi connectivity index (χ4n) is 1.16. The highest BCUT2D eigenvalue weighted by Crippen LogP contribution is 2.19. The Morgan fingerprint density at radius 3 is 2.46 bits per heavy atom. The summed E-state index contributed by atoms with van der Waals surface area (Å²) in [5.74, 6) is 0.532. The summed E-state index contributed by atoms with van der Waals surface area (Å²) in [4.78, 5) is 4.27. The van der Waals surface area contributed by atoms with Crippen LogP contribution in [-0.2, 0) is 5.54 Å². The summed E-state index contributed by atoms with van der Waals surface area (Å²) in [5, 5.41) is 0. The fraction of sp³-hybridized carbons (Fsp3) is 0.545. The highest BCUT2D eigenvalue weighted by Gasteiger charge is 2.16. The minimum Gasteiger partial charge on any atom is -0.321 e. The molecule has 0 radical (unpaired) electrons. The molecule has 0 spiro atoms. The van der Waals surface area contributed by atoms with Crippen molar-refractivity contribution in [3.8, 4) is 0 Å². The lowest BCUT2D eigenvalue weighted by Crippen LogP contribution is -2.29. The first-order chi connectivity index (χ1) is 5.91. The van der Waals surface area contributed by atoms with Gasteiger partial charge in [-0.2, -0.15) is 0 Å². The lowest BCUT2D eigenvalue weighted by atomic mass is 9.96. The molecule has 0 aromatic carbocycles. The normalized spacial score (nSPS) is 12.2. The number of pyridine rings is 1. The number of nitrogens with zero attached hydrogens (tertiary/aromatic N) is 1. The molecule has 0 unspecified atom stereocenters. The van der Waals surface area contributed by atoms with Crippen LogP contribution < -0.4 is 5.73 Å². The van der Waals surface area contributed by atoms with Crippen molar-refractivity contribution in [3.63, 3.8) is 0 Å². The smallest absolute Gasteiger partial charge is 0.0599 e. The lowest BCUT2D eigenvalue weighted by Gasteiger charge is -2.19. The zero-order valence-electron chi connectivity index (χ0n) is 8.83. The van der Waals surface area contributed by atoms with Gasteiger partial charge in [0.1, 0.15) is 0 Å². The molecular weight excluding hydrogens is 160 g/mol. The molecule has 0 saturated carbocycles. The van der Waals surface area contributed by atoms with Gasteiger partial charge < -0.3 is 5.73 Å². The van der Waals surface area contributed by atoms with E-state index in [1.54, 1.807) is 0 Å². The number of rotatable bonds is 2. The second-order valence-electron chi connectivity index (χ2n) is 4.35. The van der Waals surface area contributed by atoms with E-state index in [1.807, 2.05) is 26.1 Å². The summed E-state index contributed by atoms with van der Waals surface area (Å²) in [6, 6.07) is 4.13. The van der Waals surface area contributed by atoms with Crippen LogP contribution in [0.3, 0.4) is 0 Å². The zero-order chi connectivity index (χ0) is 10.1. The molecule has 0 saturated heterocycles. The fourth-order valence-corrected chi connectivity index (χ4v) is 1.16. The van der Waals surface area contributed by atoms with E-state index in [2.05, 4.69) is 24.9 Å². The van der Waals surface area contributed by atoms with Crippen LogP contribution in [0.4, 0.5) is 0 Å². The Morgan fingerprint density at radius 2 is 2.00 bits per heavy atom. The Kier molecular flexibility index (Phi) is 2.71. The molecule has 13 heavy (non-hydrogen) atoms. The summed E-state index contributed by atoms with van der Waals surface area (Å²) in [7, 11) is 0. The minimum atomic E-state index is -0.342. The van der Waals surface area contributed by atoms with Gasteiger partial charge in [-0.05, 0) is 37.5 Å². The molecule has 0 bridgehead atoms. The molecule has 0 aliphatic heterocycles. The molecule has 0 atom stereocenters. The van der Waals surface area contributed by atoms with Crippen molar-refractivity contribution in [3.05, 3.63) is 29.6 Å². The van der Waals surface area contributed by atoms with Crippen LogP contribution in [0.25, 0.3) is 0 Å². The molecule has 0 aliphatic rings. The summed E-state index contributed by atoms with van der Waals surface area (Å²) >= 11 is 0. The van der Waals surface area contributed by atoms with Crippen LogP contribution >= 0.6 is 0 Å². The van der Waals surface area contributed by atoms with Crippen molar-refractivity contribution < 1.29 is 0 Å². The van der Waals surface area contributed by atoms with Crippen LogP contribution in [0, 0.1) is 0 Å². The van der Waals surface area contributed by atoms with Crippen LogP contribution in [0.1, 0.15) is 44.9 Å². The Balaban J connectivity index is 3.06. The number of nitrogens with two attached hydrogens (primary N) is 1. The molecule has 1 aromatic heterocycles. The van der Waals surface area contributed by atoms with Crippen molar-refractivity contribution in [2.24, 2.45) is 5.73 Å². The first kappa shape index (κ1) is 10.2. The topological polar surface area (TPSA) is 38.9 Å². The van der Waals surface area contributed by atoms with Gasteiger partial charge in [0.15, 0.2) is 0 Å². The Labute approximate surface area is 80.2 Å². The van der Waals surface area contributed by atoms with Gasteiger partial charge in [-0.3, -0.25) is 4.98 Å². The summed E-state index contributed by atoms with van der Waals surface area (Å²) in [6.45, 7) is 8.28. The first-order valence-electron chi connectivity index (χ1n) is 4.66. The monoisotopic (exact) mass is 178 g/mol. The third-order valence-electron chi connectivity index (χ3n) is 2.11. The van der Waals surface area contributed by atoms with Gasteiger partial charge in [-0.1, -0.05) is 13.8 Å². The van der Waals surface area contributed by atoms with E-state index in [0.29, 0.717) is 5.92 Å². The summed E-state index contributed by atoms with van der Waals surface area (Å²) in [5.41, 5.74) is 7.87. The molecule has 0 aliphatic carbocycles. The van der Waals surface area contributed by atoms with Crippen LogP contribution in [-0.4, -0.2) is 4.98 Å². The van der Waals surface area contributed by atoms with Crippen molar-refractivity contribution >= 4 is 0 Å². The highest BCUT2D eigenvalue weighted by atomic mass is 14.8. The van der Waals surface area contributed by atoms with Crippen molar-refractivity contribution in [1.82, 2.24) is 4.98 Å². The number of aromatic nitrogens is 1. The van der Waals surface area contributed by atoms with Gasteiger partial charge in [0.05, 0.1) is 11.2 Å². The maximum Gasteiger partial charge on any atom is 0.0599 e. The van der Waals surface area contributed by atoms with E-state index in [9.17, 15) is 0 Å². The molecule has 2 N–H and O–H groups in total. The summed E-state index contributed by atoms with van der Waals surface area (Å²) in [6.07, 6.45) is 1.83. The Hall–Kier alpha value is -0.890. The van der Waals surface area contributed by atoms with Crippen LogP contribution in [0.2, 0.25) is 0 Å². The largest absolute Gasteiger partial charge is 0.321 e. The molecular formula is C11H18N2. The third kappa shape index (κ3) is 2.52. The average molecular weight is 178 g/mol. The summed E-state index contributed by atoms with van der Waals surface area (Å²) < 4.78 is 0. The molecule has 0 amide bonds. The van der Waals surface area contributed by atoms with E-state index < -0.39 is 0 Å². The Bertz CT molecular complexity index is 284. The minimum absolute atomic E-state index is 0.342. The second kappa shape index (κ2) is 3.46. The number of hydrogen-bond acceptors (Lipinski definition) is 2. The van der Waals surface area contributed by atoms with Crippen LogP contribution in [0.5, 0.6) is 0 Å². The third-order valence-corrected chi connectivity index (χ3v) is 2.11. The van der Waals surface area contributed by atoms with E-state index >= 15 is 0 Å². The van der Waals surface area contributed by atoms with Crippen molar-refractivity contribution in [1.29, 1.82) is 0 Å². The van der Waals surface area contributed by atoms with Crippen molar-refractivity contribution in [2.75, 3.05) is 0 Å². The van der Waals surface area contributed by atoms with E-state index in [-0.39, 0.29) is 5.54 Å². The zero-order valence-corrected chi connectivity index (χ0v) is 8.83. The average Bonchev–Trinajstić information content (AvgIpc) is 2.03. The predicted molar refractivity (Wildman–Crippen MR) is 55.5 cm³/mol. The van der Waals surface area contributed by atoms with Gasteiger partial charge in [-0.15, -0.1) is 0 Å². The second-order valence-corrected chi connectivity index (χ2v) is 4.35. The van der Waals surface area contributed by atoms with E-state index in [4.69, 9.17) is 5.73 Å². The molecule has 0 fully saturated rings. The number of hydrogen-bond donors (Lipinski definition) is 1. The molecule has 1 aromatic rings. The van der Waals surface area contributed by atoms with E-state index in [0.717, 1.165) is 5.69 Å². The van der Waals surface area contributed by atoms with Gasteiger partial charge in [0.2, 0.25) is 0 Å². The SMILES string of the molecule is CC(C)c1ccnc(C(C)(C)N)c1. The quantitative estimate of drug-likeness (QED) is 0.755. The predicted octanol–water partition coefficient (Wildman–Crippen LogP) is 2.40.